The second-order valence-corrected chi connectivity index (χ2v) is 10.7. The Hall–Kier alpha value is -2.45. The Balaban J connectivity index is 2.01. The number of nitrogens with zero attached hydrogens (tertiary/aromatic N) is 2. The summed E-state index contributed by atoms with van der Waals surface area (Å²) in [5.41, 5.74) is 0.655. The van der Waals surface area contributed by atoms with E-state index < -0.39 is 23.4 Å². The number of rotatable bonds is 13. The quantitative estimate of drug-likeness (QED) is 0.225. The topological polar surface area (TPSA) is 102 Å². The summed E-state index contributed by atoms with van der Waals surface area (Å²) in [5, 5.41) is 16.5. The van der Waals surface area contributed by atoms with Gasteiger partial charge in [-0.3, -0.25) is 19.6 Å². The Morgan fingerprint density at radius 1 is 1.11 bits per heavy atom. The number of carbonyl (C=O) groups excluding carboxylic acids is 3. The second kappa shape index (κ2) is 14.2. The third-order valence-corrected chi connectivity index (χ3v) is 6.86. The average molecular weight is 489 g/mol. The maximum atomic E-state index is 13.4. The lowest BCUT2D eigenvalue weighted by molar-refractivity contribution is -0.166. The van der Waals surface area contributed by atoms with E-state index >= 15 is 0 Å². The van der Waals surface area contributed by atoms with Gasteiger partial charge in [0.2, 0.25) is 18.2 Å². The van der Waals surface area contributed by atoms with E-state index in [0.717, 1.165) is 31.6 Å². The Morgan fingerprint density at radius 3 is 2.37 bits per heavy atom. The molecule has 1 aliphatic heterocycles. The zero-order chi connectivity index (χ0) is 25.8. The van der Waals surface area contributed by atoms with Crippen molar-refractivity contribution in [2.75, 3.05) is 26.2 Å². The number of aryl methyl sites for hydroxylation is 1. The molecule has 35 heavy (non-hydrogen) atoms. The van der Waals surface area contributed by atoms with Crippen molar-refractivity contribution in [1.29, 1.82) is 0 Å². The largest absolute Gasteiger partial charge is 0.353 e. The number of likely N-dealkylation sites (tertiary alicyclic amines) is 1. The van der Waals surface area contributed by atoms with E-state index in [4.69, 9.17) is 0 Å². The fraction of sp³-hybridized carbons (Fsp3) is 0.667. The molecule has 2 rings (SSSR count). The molecule has 8 heteroatoms. The van der Waals surface area contributed by atoms with E-state index in [2.05, 4.69) is 15.5 Å². The molecule has 196 valence electrons. The molecule has 1 saturated heterocycles. The summed E-state index contributed by atoms with van der Waals surface area (Å²) < 4.78 is 0. The number of benzene rings is 1. The van der Waals surface area contributed by atoms with Crippen molar-refractivity contribution in [2.24, 2.45) is 11.3 Å². The monoisotopic (exact) mass is 488 g/mol. The number of nitrogens with one attached hydrogen (secondary N) is 2. The van der Waals surface area contributed by atoms with Crippen LogP contribution in [-0.4, -0.2) is 71.7 Å². The zero-order valence-corrected chi connectivity index (χ0v) is 21.8. The van der Waals surface area contributed by atoms with Crippen LogP contribution < -0.4 is 10.6 Å². The highest BCUT2D eigenvalue weighted by Crippen LogP contribution is 2.23. The molecular formula is C27H44N4O4. The van der Waals surface area contributed by atoms with Gasteiger partial charge in [-0.05, 0) is 63.1 Å². The van der Waals surface area contributed by atoms with Gasteiger partial charge in [0.1, 0.15) is 6.04 Å². The first kappa shape index (κ1) is 28.8. The number of hydroxylamine groups is 2. The molecule has 0 bridgehead atoms. The highest BCUT2D eigenvalue weighted by atomic mass is 16.5. The smallest absolute Gasteiger partial charge is 0.243 e. The molecule has 1 aromatic carbocycles. The molecule has 3 atom stereocenters. The zero-order valence-electron chi connectivity index (χ0n) is 21.8. The molecule has 0 aromatic heterocycles. The maximum absolute atomic E-state index is 13.4. The van der Waals surface area contributed by atoms with E-state index in [9.17, 15) is 19.6 Å². The molecule has 1 aromatic rings. The first-order chi connectivity index (χ1) is 16.6. The van der Waals surface area contributed by atoms with Gasteiger partial charge in [-0.1, -0.05) is 57.5 Å². The van der Waals surface area contributed by atoms with E-state index in [1.54, 1.807) is 6.92 Å². The van der Waals surface area contributed by atoms with Gasteiger partial charge in [-0.15, -0.1) is 0 Å². The molecule has 0 spiro atoms. The van der Waals surface area contributed by atoms with Crippen LogP contribution in [0.2, 0.25) is 0 Å². The number of carbonyl (C=O) groups is 3. The van der Waals surface area contributed by atoms with Crippen molar-refractivity contribution in [2.45, 2.75) is 78.3 Å². The minimum absolute atomic E-state index is 0.213. The SMILES string of the molecule is C[C@@H]([C@@H](CCCc1ccccc1)C(=O)N[C@H](C(=O)NCCN1CCCCC1)C(C)(C)C)N(O)C=O. The van der Waals surface area contributed by atoms with E-state index in [1.807, 2.05) is 51.1 Å². The summed E-state index contributed by atoms with van der Waals surface area (Å²) in [7, 11) is 0. The third kappa shape index (κ3) is 9.61. The van der Waals surface area contributed by atoms with Crippen LogP contribution in [0.15, 0.2) is 30.3 Å². The van der Waals surface area contributed by atoms with E-state index in [-0.39, 0.29) is 11.8 Å². The summed E-state index contributed by atoms with van der Waals surface area (Å²) in [6.07, 6.45) is 5.94. The van der Waals surface area contributed by atoms with Gasteiger partial charge in [-0.2, -0.15) is 0 Å². The number of piperidine rings is 1. The Morgan fingerprint density at radius 2 is 1.77 bits per heavy atom. The van der Waals surface area contributed by atoms with Crippen LogP contribution in [0.5, 0.6) is 0 Å². The standard InChI is InChI=1S/C27H44N4O4/c1-21(31(35)20-32)23(15-11-14-22-12-7-5-8-13-22)25(33)29-24(27(2,3)4)26(34)28-16-19-30-17-9-6-10-18-30/h5,7-8,12-13,20-21,23-24,35H,6,9-11,14-19H2,1-4H3,(H,28,34)(H,29,33)/t21-,23+,24+/m0/s1. The van der Waals surface area contributed by atoms with Gasteiger partial charge in [0.25, 0.3) is 0 Å². The fourth-order valence-corrected chi connectivity index (χ4v) is 4.59. The Bertz CT molecular complexity index is 790. The molecule has 0 unspecified atom stereocenters. The van der Waals surface area contributed by atoms with Crippen LogP contribution >= 0.6 is 0 Å². The Kier molecular flexibility index (Phi) is 11.7. The highest BCUT2D eigenvalue weighted by Gasteiger charge is 2.36. The van der Waals surface area contributed by atoms with Gasteiger partial charge in [0, 0.05) is 13.1 Å². The molecule has 0 aliphatic carbocycles. The van der Waals surface area contributed by atoms with Crippen LogP contribution in [0.4, 0.5) is 0 Å². The minimum atomic E-state index is -0.733. The fourth-order valence-electron chi connectivity index (χ4n) is 4.59. The number of hydrogen-bond acceptors (Lipinski definition) is 5. The first-order valence-corrected chi connectivity index (χ1v) is 12.9. The normalized spacial score (nSPS) is 17.2. The van der Waals surface area contributed by atoms with Gasteiger partial charge < -0.3 is 15.5 Å². The summed E-state index contributed by atoms with van der Waals surface area (Å²) >= 11 is 0. The van der Waals surface area contributed by atoms with Crippen molar-refractivity contribution in [3.8, 4) is 0 Å². The predicted octanol–water partition coefficient (Wildman–Crippen LogP) is 2.99. The maximum Gasteiger partial charge on any atom is 0.243 e. The molecule has 0 saturated carbocycles. The molecule has 3 amide bonds. The molecule has 3 N–H and O–H groups in total. The van der Waals surface area contributed by atoms with E-state index in [0.29, 0.717) is 30.9 Å². The first-order valence-electron chi connectivity index (χ1n) is 12.9. The van der Waals surface area contributed by atoms with Crippen molar-refractivity contribution < 1.29 is 19.6 Å². The summed E-state index contributed by atoms with van der Waals surface area (Å²) in [6, 6.07) is 8.52. The minimum Gasteiger partial charge on any atom is -0.353 e. The number of hydrogen-bond donors (Lipinski definition) is 3. The van der Waals surface area contributed by atoms with Crippen LogP contribution in [0, 0.1) is 11.3 Å². The summed E-state index contributed by atoms with van der Waals surface area (Å²) in [6.45, 7) is 10.9. The van der Waals surface area contributed by atoms with Gasteiger partial charge >= 0.3 is 0 Å². The van der Waals surface area contributed by atoms with Crippen molar-refractivity contribution in [1.82, 2.24) is 20.6 Å². The Labute approximate surface area is 210 Å². The predicted molar refractivity (Wildman–Crippen MR) is 137 cm³/mol. The molecule has 0 radical (unpaired) electrons. The van der Waals surface area contributed by atoms with E-state index in [1.165, 1.54) is 19.3 Å². The van der Waals surface area contributed by atoms with Crippen LogP contribution in [0.1, 0.15) is 65.4 Å². The average Bonchev–Trinajstić information content (AvgIpc) is 2.84. The lowest BCUT2D eigenvalue weighted by atomic mass is 9.84. The molecular weight excluding hydrogens is 444 g/mol. The molecule has 1 aliphatic rings. The molecule has 1 fully saturated rings. The molecule has 1 heterocycles. The molecule has 8 nitrogen and oxygen atoms in total. The van der Waals surface area contributed by atoms with Crippen molar-refractivity contribution in [3.05, 3.63) is 35.9 Å². The van der Waals surface area contributed by atoms with Crippen LogP contribution in [0.25, 0.3) is 0 Å². The van der Waals surface area contributed by atoms with Crippen molar-refractivity contribution >= 4 is 18.2 Å². The lowest BCUT2D eigenvalue weighted by Gasteiger charge is -2.34. The van der Waals surface area contributed by atoms with Gasteiger partial charge in [0.05, 0.1) is 12.0 Å². The number of amides is 3. The van der Waals surface area contributed by atoms with Gasteiger partial charge in [0.15, 0.2) is 0 Å². The van der Waals surface area contributed by atoms with Crippen LogP contribution in [0.3, 0.4) is 0 Å². The lowest BCUT2D eigenvalue weighted by Crippen LogP contribution is -2.57. The van der Waals surface area contributed by atoms with Gasteiger partial charge in [-0.25, -0.2) is 5.06 Å². The summed E-state index contributed by atoms with van der Waals surface area (Å²) in [4.78, 5) is 40.0. The second-order valence-electron chi connectivity index (χ2n) is 10.7. The highest BCUT2D eigenvalue weighted by molar-refractivity contribution is 5.89. The third-order valence-electron chi connectivity index (χ3n) is 6.86. The summed E-state index contributed by atoms with van der Waals surface area (Å²) in [5.74, 6) is -1.20. The van der Waals surface area contributed by atoms with Crippen molar-refractivity contribution in [3.63, 3.8) is 0 Å². The van der Waals surface area contributed by atoms with Crippen LogP contribution in [-0.2, 0) is 20.8 Å².